The van der Waals surface area contributed by atoms with E-state index in [4.69, 9.17) is 4.74 Å². The van der Waals surface area contributed by atoms with Crippen LogP contribution in [0.2, 0.25) is 0 Å². The number of aromatic nitrogens is 2. The first-order valence-electron chi connectivity index (χ1n) is 6.64. The van der Waals surface area contributed by atoms with Crippen LogP contribution in [0.4, 0.5) is 4.79 Å². The Morgan fingerprint density at radius 2 is 1.90 bits per heavy atom. The van der Waals surface area contributed by atoms with Crippen LogP contribution in [0.25, 0.3) is 0 Å². The third-order valence-electron chi connectivity index (χ3n) is 2.69. The van der Waals surface area contributed by atoms with Crippen LogP contribution in [-0.4, -0.2) is 34.3 Å². The third-order valence-corrected chi connectivity index (χ3v) is 2.69. The molecule has 0 unspecified atom stereocenters. The van der Waals surface area contributed by atoms with E-state index in [9.17, 15) is 9.59 Å². The van der Waals surface area contributed by atoms with Crippen LogP contribution in [0, 0.1) is 0 Å². The minimum atomic E-state index is -0.743. The molecule has 7 heteroatoms. The van der Waals surface area contributed by atoms with Gasteiger partial charge in [0.25, 0.3) is 0 Å². The van der Waals surface area contributed by atoms with Crippen molar-refractivity contribution < 1.29 is 19.1 Å². The molecule has 0 saturated carbocycles. The van der Waals surface area contributed by atoms with E-state index in [1.807, 2.05) is 13.8 Å². The first-order chi connectivity index (χ1) is 9.55. The van der Waals surface area contributed by atoms with Crippen molar-refractivity contribution in [3.05, 3.63) is 18.2 Å². The molecule has 0 saturated heterocycles. The summed E-state index contributed by atoms with van der Waals surface area (Å²) in [6, 6.07) is 0. The molecule has 0 aliphatic heterocycles. The quantitative estimate of drug-likeness (QED) is 0.857. The van der Waals surface area contributed by atoms with Gasteiger partial charge in [-0.15, -0.1) is 0 Å². The summed E-state index contributed by atoms with van der Waals surface area (Å²) < 4.78 is 11.5. The summed E-state index contributed by atoms with van der Waals surface area (Å²) in [5.41, 5.74) is -0.641. The van der Waals surface area contributed by atoms with Crippen molar-refractivity contribution in [1.82, 2.24) is 14.9 Å². The van der Waals surface area contributed by atoms with Gasteiger partial charge in [0.2, 0.25) is 0 Å². The molecule has 0 aromatic carbocycles. The van der Waals surface area contributed by atoms with Gasteiger partial charge in [0, 0.05) is 0 Å². The topological polar surface area (TPSA) is 82.5 Å². The lowest BCUT2D eigenvalue weighted by atomic mass is 10.0. The van der Waals surface area contributed by atoms with Crippen LogP contribution in [0.3, 0.4) is 0 Å². The summed E-state index contributed by atoms with van der Waals surface area (Å²) in [5, 5.41) is 2.77. The maximum atomic E-state index is 11.9. The molecule has 1 aromatic heterocycles. The zero-order valence-electron chi connectivity index (χ0n) is 13.4. The number of rotatable bonds is 4. The van der Waals surface area contributed by atoms with Crippen molar-refractivity contribution in [2.45, 2.75) is 52.3 Å². The van der Waals surface area contributed by atoms with E-state index in [-0.39, 0.29) is 12.5 Å². The molecule has 1 aromatic rings. The summed E-state index contributed by atoms with van der Waals surface area (Å²) >= 11 is 0. The molecule has 118 valence electrons. The van der Waals surface area contributed by atoms with Crippen LogP contribution in [0.5, 0.6) is 0 Å². The fraction of sp³-hybridized carbons (Fsp3) is 0.643. The zero-order valence-corrected chi connectivity index (χ0v) is 13.4. The van der Waals surface area contributed by atoms with E-state index in [0.717, 1.165) is 0 Å². The standard InChI is InChI=1S/C14H23N3O4/c1-13(2,3)21-12(19)16-14(4,5)10-7-15-9-17(10)8-11(18)20-6/h7,9H,8H2,1-6H3,(H,16,19). The lowest BCUT2D eigenvalue weighted by Crippen LogP contribution is -2.45. The van der Waals surface area contributed by atoms with Gasteiger partial charge in [-0.05, 0) is 34.6 Å². The van der Waals surface area contributed by atoms with Gasteiger partial charge in [-0.3, -0.25) is 4.79 Å². The Kier molecular flexibility index (Phi) is 4.98. The predicted molar refractivity (Wildman–Crippen MR) is 76.6 cm³/mol. The molecule has 0 aliphatic rings. The Morgan fingerprint density at radius 3 is 2.43 bits per heavy atom. The monoisotopic (exact) mass is 297 g/mol. The molecule has 1 N–H and O–H groups in total. The number of imidazole rings is 1. The van der Waals surface area contributed by atoms with E-state index in [1.54, 1.807) is 31.5 Å². The summed E-state index contributed by atoms with van der Waals surface area (Å²) in [5.74, 6) is -0.387. The Labute approximate surface area is 124 Å². The number of alkyl carbamates (subject to hydrolysis) is 1. The number of nitrogens with one attached hydrogen (secondary N) is 1. The van der Waals surface area contributed by atoms with Gasteiger partial charge in [0.1, 0.15) is 12.1 Å². The van der Waals surface area contributed by atoms with Gasteiger partial charge in [-0.1, -0.05) is 0 Å². The number of methoxy groups -OCH3 is 1. The molecule has 1 rings (SSSR count). The molecular weight excluding hydrogens is 274 g/mol. The van der Waals surface area contributed by atoms with Gasteiger partial charge in [0.15, 0.2) is 0 Å². The second-order valence-corrected chi connectivity index (χ2v) is 6.23. The SMILES string of the molecule is COC(=O)Cn1cncc1C(C)(C)NC(=O)OC(C)(C)C. The maximum absolute atomic E-state index is 11.9. The van der Waals surface area contributed by atoms with E-state index in [0.29, 0.717) is 5.69 Å². The normalized spacial score (nSPS) is 11.9. The fourth-order valence-electron chi connectivity index (χ4n) is 1.79. The number of ether oxygens (including phenoxy) is 2. The highest BCUT2D eigenvalue weighted by molar-refractivity contribution is 5.70. The highest BCUT2D eigenvalue weighted by atomic mass is 16.6. The molecule has 1 heterocycles. The van der Waals surface area contributed by atoms with Gasteiger partial charge in [-0.2, -0.15) is 0 Å². The Hall–Kier alpha value is -2.05. The van der Waals surface area contributed by atoms with Crippen LogP contribution in [0.1, 0.15) is 40.3 Å². The molecule has 0 aliphatic carbocycles. The zero-order chi connectivity index (χ0) is 16.3. The lowest BCUT2D eigenvalue weighted by molar-refractivity contribution is -0.141. The van der Waals surface area contributed by atoms with Crippen molar-refractivity contribution >= 4 is 12.1 Å². The largest absolute Gasteiger partial charge is 0.468 e. The number of esters is 1. The van der Waals surface area contributed by atoms with Crippen LogP contribution in [-0.2, 0) is 26.4 Å². The molecule has 0 radical (unpaired) electrons. The fourth-order valence-corrected chi connectivity index (χ4v) is 1.79. The van der Waals surface area contributed by atoms with Crippen molar-refractivity contribution in [3.8, 4) is 0 Å². The van der Waals surface area contributed by atoms with Crippen molar-refractivity contribution in [1.29, 1.82) is 0 Å². The van der Waals surface area contributed by atoms with E-state index < -0.39 is 17.2 Å². The van der Waals surface area contributed by atoms with E-state index in [1.165, 1.54) is 13.4 Å². The smallest absolute Gasteiger partial charge is 0.408 e. The first kappa shape index (κ1) is 17.0. The average molecular weight is 297 g/mol. The average Bonchev–Trinajstić information content (AvgIpc) is 2.74. The summed E-state index contributed by atoms with van der Waals surface area (Å²) in [7, 11) is 1.32. The van der Waals surface area contributed by atoms with Gasteiger partial charge >= 0.3 is 12.1 Å². The summed E-state index contributed by atoms with van der Waals surface area (Å²) in [6.45, 7) is 9.03. The Bertz CT molecular complexity index is 515. The molecule has 0 spiro atoms. The Balaban J connectivity index is 2.86. The van der Waals surface area contributed by atoms with Gasteiger partial charge < -0.3 is 19.4 Å². The minimum absolute atomic E-state index is 0.0330. The second-order valence-electron chi connectivity index (χ2n) is 6.23. The molecular formula is C14H23N3O4. The van der Waals surface area contributed by atoms with Crippen LogP contribution >= 0.6 is 0 Å². The number of carbonyl (C=O) groups excluding carboxylic acids is 2. The molecule has 0 fully saturated rings. The first-order valence-corrected chi connectivity index (χ1v) is 6.64. The van der Waals surface area contributed by atoms with E-state index in [2.05, 4.69) is 15.0 Å². The second kappa shape index (κ2) is 6.15. The number of carbonyl (C=O) groups is 2. The minimum Gasteiger partial charge on any atom is -0.468 e. The van der Waals surface area contributed by atoms with Crippen molar-refractivity contribution in [2.75, 3.05) is 7.11 Å². The van der Waals surface area contributed by atoms with Gasteiger partial charge in [0.05, 0.1) is 30.9 Å². The lowest BCUT2D eigenvalue weighted by Gasteiger charge is -2.29. The highest BCUT2D eigenvalue weighted by Crippen LogP contribution is 2.20. The number of hydrogen-bond acceptors (Lipinski definition) is 5. The van der Waals surface area contributed by atoms with Gasteiger partial charge in [-0.25, -0.2) is 9.78 Å². The summed E-state index contributed by atoms with van der Waals surface area (Å²) in [6.07, 6.45) is 2.59. The number of amides is 1. The third kappa shape index (κ3) is 5.09. The van der Waals surface area contributed by atoms with Crippen LogP contribution < -0.4 is 5.32 Å². The molecule has 7 nitrogen and oxygen atoms in total. The maximum Gasteiger partial charge on any atom is 0.408 e. The molecule has 0 atom stereocenters. The number of nitrogens with zero attached hydrogens (tertiary/aromatic N) is 2. The summed E-state index contributed by atoms with van der Waals surface area (Å²) in [4.78, 5) is 27.3. The van der Waals surface area contributed by atoms with Crippen LogP contribution in [0.15, 0.2) is 12.5 Å². The molecule has 0 bridgehead atoms. The van der Waals surface area contributed by atoms with Crippen molar-refractivity contribution in [3.63, 3.8) is 0 Å². The highest BCUT2D eigenvalue weighted by Gasteiger charge is 2.29. The number of hydrogen-bond donors (Lipinski definition) is 1. The molecule has 21 heavy (non-hydrogen) atoms. The Morgan fingerprint density at radius 1 is 1.29 bits per heavy atom. The molecule has 1 amide bonds. The predicted octanol–water partition coefficient (Wildman–Crippen LogP) is 1.82. The van der Waals surface area contributed by atoms with E-state index >= 15 is 0 Å². The van der Waals surface area contributed by atoms with Crippen molar-refractivity contribution in [2.24, 2.45) is 0 Å².